The van der Waals surface area contributed by atoms with Gasteiger partial charge in [-0.15, -0.1) is 0 Å². The predicted octanol–water partition coefficient (Wildman–Crippen LogP) is 3.23. The second kappa shape index (κ2) is 5.20. The standard InChI is InChI=1S/C15H21ClN2/c1-11(12-3-2-4-13(16)9-12)18-8-7-15(10-18)17-14-5-6-14/h2-4,9,11,14-15,17H,5-8,10H2,1H3. The van der Waals surface area contributed by atoms with Gasteiger partial charge in [-0.1, -0.05) is 23.7 Å². The van der Waals surface area contributed by atoms with Crippen molar-refractivity contribution in [3.05, 3.63) is 34.9 Å². The van der Waals surface area contributed by atoms with E-state index in [1.165, 1.54) is 37.9 Å². The molecule has 1 aliphatic carbocycles. The van der Waals surface area contributed by atoms with Crippen LogP contribution in [-0.4, -0.2) is 30.1 Å². The SMILES string of the molecule is CC(c1cccc(Cl)c1)N1CCC(NC2CC2)C1. The summed E-state index contributed by atoms with van der Waals surface area (Å²) in [6.45, 7) is 4.65. The first-order valence-electron chi connectivity index (χ1n) is 6.98. The van der Waals surface area contributed by atoms with E-state index >= 15 is 0 Å². The molecule has 0 aromatic heterocycles. The van der Waals surface area contributed by atoms with E-state index < -0.39 is 0 Å². The van der Waals surface area contributed by atoms with E-state index in [0.29, 0.717) is 12.1 Å². The van der Waals surface area contributed by atoms with Gasteiger partial charge in [-0.25, -0.2) is 0 Å². The van der Waals surface area contributed by atoms with E-state index in [9.17, 15) is 0 Å². The van der Waals surface area contributed by atoms with Crippen LogP contribution in [0.4, 0.5) is 0 Å². The van der Waals surface area contributed by atoms with Crippen molar-refractivity contribution in [1.82, 2.24) is 10.2 Å². The highest BCUT2D eigenvalue weighted by Gasteiger charge is 2.31. The molecule has 3 heteroatoms. The van der Waals surface area contributed by atoms with Crippen LogP contribution in [0.25, 0.3) is 0 Å². The van der Waals surface area contributed by atoms with E-state index in [1.54, 1.807) is 0 Å². The van der Waals surface area contributed by atoms with Crippen LogP contribution in [0, 0.1) is 0 Å². The molecule has 1 saturated heterocycles. The van der Waals surface area contributed by atoms with Gasteiger partial charge in [0.25, 0.3) is 0 Å². The van der Waals surface area contributed by atoms with Crippen LogP contribution < -0.4 is 5.32 Å². The molecule has 0 bridgehead atoms. The molecule has 18 heavy (non-hydrogen) atoms. The number of likely N-dealkylation sites (tertiary alicyclic amines) is 1. The second-order valence-corrected chi connectivity index (χ2v) is 6.09. The molecular weight excluding hydrogens is 244 g/mol. The largest absolute Gasteiger partial charge is 0.310 e. The minimum atomic E-state index is 0.467. The van der Waals surface area contributed by atoms with Crippen molar-refractivity contribution >= 4 is 11.6 Å². The van der Waals surface area contributed by atoms with Gasteiger partial charge in [0.1, 0.15) is 0 Å². The molecule has 0 spiro atoms. The molecule has 0 amide bonds. The Bertz CT molecular complexity index is 417. The Morgan fingerprint density at radius 3 is 2.83 bits per heavy atom. The van der Waals surface area contributed by atoms with Crippen molar-refractivity contribution < 1.29 is 0 Å². The first kappa shape index (κ1) is 12.5. The molecule has 1 heterocycles. The molecule has 0 radical (unpaired) electrons. The number of hydrogen-bond acceptors (Lipinski definition) is 2. The topological polar surface area (TPSA) is 15.3 Å². The zero-order valence-corrected chi connectivity index (χ0v) is 11.7. The monoisotopic (exact) mass is 264 g/mol. The molecule has 98 valence electrons. The molecule has 3 rings (SSSR count). The van der Waals surface area contributed by atoms with Gasteiger partial charge in [0.15, 0.2) is 0 Å². The lowest BCUT2D eigenvalue weighted by Crippen LogP contribution is -2.34. The van der Waals surface area contributed by atoms with Crippen molar-refractivity contribution in [3.8, 4) is 0 Å². The Morgan fingerprint density at radius 1 is 1.28 bits per heavy atom. The predicted molar refractivity (Wildman–Crippen MR) is 76.0 cm³/mol. The third kappa shape index (κ3) is 2.87. The van der Waals surface area contributed by atoms with Crippen LogP contribution in [0.5, 0.6) is 0 Å². The third-order valence-electron chi connectivity index (χ3n) is 4.15. The van der Waals surface area contributed by atoms with Crippen LogP contribution in [-0.2, 0) is 0 Å². The average Bonchev–Trinajstić information content (AvgIpc) is 3.04. The summed E-state index contributed by atoms with van der Waals surface area (Å²) in [5.41, 5.74) is 1.33. The zero-order valence-electron chi connectivity index (χ0n) is 10.9. The normalized spacial score (nSPS) is 26.4. The lowest BCUT2D eigenvalue weighted by atomic mass is 10.1. The number of rotatable bonds is 4. The Balaban J connectivity index is 1.60. The molecule has 1 saturated carbocycles. The summed E-state index contributed by atoms with van der Waals surface area (Å²) in [6.07, 6.45) is 4.03. The number of halogens is 1. The molecule has 2 atom stereocenters. The summed E-state index contributed by atoms with van der Waals surface area (Å²) < 4.78 is 0. The van der Waals surface area contributed by atoms with Gasteiger partial charge in [0, 0.05) is 36.2 Å². The maximum Gasteiger partial charge on any atom is 0.0409 e. The van der Waals surface area contributed by atoms with Crippen molar-refractivity contribution in [2.24, 2.45) is 0 Å². The van der Waals surface area contributed by atoms with Crippen molar-refractivity contribution in [2.45, 2.75) is 44.3 Å². The Labute approximate surface area is 114 Å². The fourth-order valence-corrected chi connectivity index (χ4v) is 3.03. The highest BCUT2D eigenvalue weighted by molar-refractivity contribution is 6.30. The Hall–Kier alpha value is -0.570. The maximum atomic E-state index is 6.07. The minimum absolute atomic E-state index is 0.467. The summed E-state index contributed by atoms with van der Waals surface area (Å²) in [6, 6.07) is 10.2. The molecular formula is C15H21ClN2. The van der Waals surface area contributed by atoms with Gasteiger partial charge in [-0.3, -0.25) is 4.90 Å². The van der Waals surface area contributed by atoms with Gasteiger partial charge in [0.2, 0.25) is 0 Å². The van der Waals surface area contributed by atoms with Crippen LogP contribution in [0.3, 0.4) is 0 Å². The second-order valence-electron chi connectivity index (χ2n) is 5.65. The van der Waals surface area contributed by atoms with Gasteiger partial charge >= 0.3 is 0 Å². The highest BCUT2D eigenvalue weighted by atomic mass is 35.5. The number of hydrogen-bond donors (Lipinski definition) is 1. The Morgan fingerprint density at radius 2 is 2.11 bits per heavy atom. The van der Waals surface area contributed by atoms with Gasteiger partial charge in [-0.2, -0.15) is 0 Å². The Kier molecular flexibility index (Phi) is 3.60. The summed E-state index contributed by atoms with van der Waals surface area (Å²) >= 11 is 6.07. The number of nitrogens with one attached hydrogen (secondary N) is 1. The zero-order chi connectivity index (χ0) is 12.5. The lowest BCUT2D eigenvalue weighted by Gasteiger charge is -2.25. The third-order valence-corrected chi connectivity index (χ3v) is 4.38. The highest BCUT2D eigenvalue weighted by Crippen LogP contribution is 2.28. The molecule has 2 fully saturated rings. The summed E-state index contributed by atoms with van der Waals surface area (Å²) in [4.78, 5) is 2.56. The first-order valence-corrected chi connectivity index (χ1v) is 7.36. The maximum absolute atomic E-state index is 6.07. The molecule has 1 aromatic carbocycles. The molecule has 1 N–H and O–H groups in total. The average molecular weight is 265 g/mol. The molecule has 2 aliphatic rings. The fraction of sp³-hybridized carbons (Fsp3) is 0.600. The van der Waals surface area contributed by atoms with E-state index in [-0.39, 0.29) is 0 Å². The number of benzene rings is 1. The quantitative estimate of drug-likeness (QED) is 0.898. The molecule has 1 aromatic rings. The number of nitrogens with zero attached hydrogens (tertiary/aromatic N) is 1. The molecule has 2 nitrogen and oxygen atoms in total. The minimum Gasteiger partial charge on any atom is -0.310 e. The van der Waals surface area contributed by atoms with Crippen LogP contribution in [0.2, 0.25) is 5.02 Å². The van der Waals surface area contributed by atoms with Crippen LogP contribution in [0.1, 0.15) is 37.8 Å². The summed E-state index contributed by atoms with van der Waals surface area (Å²) in [7, 11) is 0. The smallest absolute Gasteiger partial charge is 0.0409 e. The van der Waals surface area contributed by atoms with Crippen molar-refractivity contribution in [2.75, 3.05) is 13.1 Å². The summed E-state index contributed by atoms with van der Waals surface area (Å²) in [5.74, 6) is 0. The first-order chi connectivity index (χ1) is 8.72. The lowest BCUT2D eigenvalue weighted by molar-refractivity contribution is 0.255. The van der Waals surface area contributed by atoms with Crippen molar-refractivity contribution in [3.63, 3.8) is 0 Å². The molecule has 1 aliphatic heterocycles. The van der Waals surface area contributed by atoms with E-state index in [0.717, 1.165) is 11.1 Å². The fourth-order valence-electron chi connectivity index (χ4n) is 2.84. The van der Waals surface area contributed by atoms with Crippen LogP contribution in [0.15, 0.2) is 24.3 Å². The van der Waals surface area contributed by atoms with Gasteiger partial charge in [0.05, 0.1) is 0 Å². The van der Waals surface area contributed by atoms with E-state index in [2.05, 4.69) is 29.3 Å². The van der Waals surface area contributed by atoms with Gasteiger partial charge < -0.3 is 5.32 Å². The van der Waals surface area contributed by atoms with E-state index in [4.69, 9.17) is 11.6 Å². The molecule has 2 unspecified atom stereocenters. The van der Waals surface area contributed by atoms with Crippen LogP contribution >= 0.6 is 11.6 Å². The summed E-state index contributed by atoms with van der Waals surface area (Å²) in [5, 5.41) is 4.57. The van der Waals surface area contributed by atoms with Crippen molar-refractivity contribution in [1.29, 1.82) is 0 Å². The van der Waals surface area contributed by atoms with Gasteiger partial charge in [-0.05, 0) is 43.9 Å². The van der Waals surface area contributed by atoms with E-state index in [1.807, 2.05) is 12.1 Å².